The van der Waals surface area contributed by atoms with E-state index >= 15 is 0 Å². The van der Waals surface area contributed by atoms with E-state index in [0.29, 0.717) is 30.3 Å². The standard InChI is InChI=1S/C21H30O6/c1-17(22)24-13-9-7-5-3-2-4-6-8-10-14-25-21(23)18-11-12-19-20(15-18)27-16-26-19/h11-12,15H,2-10,13-14,16H2,1H3. The molecule has 1 aromatic carbocycles. The van der Waals surface area contributed by atoms with Gasteiger partial charge in [0.15, 0.2) is 11.5 Å². The van der Waals surface area contributed by atoms with Crippen LogP contribution in [-0.4, -0.2) is 31.9 Å². The maximum Gasteiger partial charge on any atom is 0.338 e. The molecule has 6 heteroatoms. The fourth-order valence-corrected chi connectivity index (χ4v) is 2.93. The average Bonchev–Trinajstić information content (AvgIpc) is 3.12. The van der Waals surface area contributed by atoms with Crippen molar-refractivity contribution in [2.45, 2.75) is 64.7 Å². The van der Waals surface area contributed by atoms with Crippen LogP contribution in [0.2, 0.25) is 0 Å². The van der Waals surface area contributed by atoms with E-state index in [4.69, 9.17) is 18.9 Å². The lowest BCUT2D eigenvalue weighted by atomic mass is 10.1. The van der Waals surface area contributed by atoms with Crippen molar-refractivity contribution in [2.24, 2.45) is 0 Å². The fourth-order valence-electron chi connectivity index (χ4n) is 2.93. The molecule has 0 atom stereocenters. The summed E-state index contributed by atoms with van der Waals surface area (Å²) in [5, 5.41) is 0. The summed E-state index contributed by atoms with van der Waals surface area (Å²) in [5.41, 5.74) is 0.493. The molecule has 0 fully saturated rings. The van der Waals surface area contributed by atoms with Gasteiger partial charge in [-0.25, -0.2) is 4.79 Å². The molecule has 0 bridgehead atoms. The number of unbranched alkanes of at least 4 members (excludes halogenated alkanes) is 8. The summed E-state index contributed by atoms with van der Waals surface area (Å²) in [4.78, 5) is 22.6. The van der Waals surface area contributed by atoms with Gasteiger partial charge in [-0.1, -0.05) is 44.9 Å². The first-order valence-electron chi connectivity index (χ1n) is 9.87. The molecule has 0 aliphatic carbocycles. The second-order valence-corrected chi connectivity index (χ2v) is 6.73. The Labute approximate surface area is 161 Å². The predicted octanol–water partition coefficient (Wildman–Crippen LogP) is 4.65. The molecule has 1 aliphatic heterocycles. The highest BCUT2D eigenvalue weighted by atomic mass is 16.7. The molecule has 1 aliphatic rings. The van der Waals surface area contributed by atoms with Gasteiger partial charge in [-0.15, -0.1) is 0 Å². The number of hydrogen-bond donors (Lipinski definition) is 0. The van der Waals surface area contributed by atoms with E-state index in [1.807, 2.05) is 0 Å². The predicted molar refractivity (Wildman–Crippen MR) is 101 cm³/mol. The quantitative estimate of drug-likeness (QED) is 0.368. The van der Waals surface area contributed by atoms with Crippen molar-refractivity contribution in [1.82, 2.24) is 0 Å². The van der Waals surface area contributed by atoms with Crippen molar-refractivity contribution < 1.29 is 28.5 Å². The van der Waals surface area contributed by atoms with Crippen LogP contribution in [0.1, 0.15) is 75.1 Å². The molecule has 150 valence electrons. The maximum atomic E-state index is 12.0. The first-order chi connectivity index (χ1) is 13.2. The maximum absolute atomic E-state index is 12.0. The molecule has 0 saturated heterocycles. The summed E-state index contributed by atoms with van der Waals surface area (Å²) in [5.74, 6) is 0.741. The van der Waals surface area contributed by atoms with Crippen molar-refractivity contribution in [2.75, 3.05) is 20.0 Å². The Bertz CT molecular complexity index is 598. The second-order valence-electron chi connectivity index (χ2n) is 6.73. The Morgan fingerprint density at radius 3 is 2.00 bits per heavy atom. The molecule has 1 heterocycles. The van der Waals surface area contributed by atoms with E-state index in [1.165, 1.54) is 32.6 Å². The van der Waals surface area contributed by atoms with E-state index in [0.717, 1.165) is 32.1 Å². The lowest BCUT2D eigenvalue weighted by Crippen LogP contribution is -2.06. The largest absolute Gasteiger partial charge is 0.466 e. The van der Waals surface area contributed by atoms with E-state index in [9.17, 15) is 9.59 Å². The van der Waals surface area contributed by atoms with Crippen LogP contribution in [0.3, 0.4) is 0 Å². The van der Waals surface area contributed by atoms with Crippen molar-refractivity contribution in [3.63, 3.8) is 0 Å². The zero-order valence-electron chi connectivity index (χ0n) is 16.2. The molecule has 1 aromatic rings. The Morgan fingerprint density at radius 1 is 0.815 bits per heavy atom. The lowest BCUT2D eigenvalue weighted by molar-refractivity contribution is -0.141. The monoisotopic (exact) mass is 378 g/mol. The minimum atomic E-state index is -0.318. The molecule has 0 spiro atoms. The summed E-state index contributed by atoms with van der Waals surface area (Å²) in [6.45, 7) is 2.63. The Kier molecular flexibility index (Phi) is 9.52. The summed E-state index contributed by atoms with van der Waals surface area (Å²) in [7, 11) is 0. The topological polar surface area (TPSA) is 71.1 Å². The first kappa shape index (κ1) is 21.1. The molecule has 6 nitrogen and oxygen atoms in total. The molecular weight excluding hydrogens is 348 g/mol. The molecule has 0 unspecified atom stereocenters. The zero-order chi connectivity index (χ0) is 19.3. The molecule has 0 radical (unpaired) electrons. The van der Waals surface area contributed by atoms with Crippen molar-refractivity contribution in [3.05, 3.63) is 23.8 Å². The first-order valence-corrected chi connectivity index (χ1v) is 9.87. The van der Waals surface area contributed by atoms with E-state index in [-0.39, 0.29) is 18.7 Å². The second kappa shape index (κ2) is 12.2. The normalized spacial score (nSPS) is 12.0. The third kappa shape index (κ3) is 8.33. The number of ether oxygens (including phenoxy) is 4. The highest BCUT2D eigenvalue weighted by molar-refractivity contribution is 5.90. The number of benzene rings is 1. The van der Waals surface area contributed by atoms with Gasteiger partial charge in [0.05, 0.1) is 18.8 Å². The fraction of sp³-hybridized carbons (Fsp3) is 0.619. The van der Waals surface area contributed by atoms with Crippen LogP contribution in [0.5, 0.6) is 11.5 Å². The molecule has 0 aromatic heterocycles. The number of hydrogen-bond acceptors (Lipinski definition) is 6. The summed E-state index contributed by atoms with van der Waals surface area (Å²) >= 11 is 0. The average molecular weight is 378 g/mol. The van der Waals surface area contributed by atoms with E-state index < -0.39 is 0 Å². The Morgan fingerprint density at radius 2 is 1.37 bits per heavy atom. The molecule has 27 heavy (non-hydrogen) atoms. The number of carbonyl (C=O) groups excluding carboxylic acids is 2. The summed E-state index contributed by atoms with van der Waals surface area (Å²) < 4.78 is 20.7. The van der Waals surface area contributed by atoms with Crippen molar-refractivity contribution in [3.8, 4) is 11.5 Å². The molecule has 0 N–H and O–H groups in total. The van der Waals surface area contributed by atoms with Gasteiger partial charge in [-0.3, -0.25) is 4.79 Å². The van der Waals surface area contributed by atoms with E-state index in [1.54, 1.807) is 18.2 Å². The highest BCUT2D eigenvalue weighted by Gasteiger charge is 2.16. The number of rotatable bonds is 13. The van der Waals surface area contributed by atoms with Crippen molar-refractivity contribution >= 4 is 11.9 Å². The van der Waals surface area contributed by atoms with Gasteiger partial charge >= 0.3 is 11.9 Å². The van der Waals surface area contributed by atoms with E-state index in [2.05, 4.69) is 0 Å². The molecule has 0 amide bonds. The zero-order valence-corrected chi connectivity index (χ0v) is 16.2. The van der Waals surface area contributed by atoms with Gasteiger partial charge in [-0.2, -0.15) is 0 Å². The number of fused-ring (bicyclic) bond motifs is 1. The van der Waals surface area contributed by atoms with Crippen LogP contribution < -0.4 is 9.47 Å². The minimum absolute atomic E-state index is 0.197. The molecule has 2 rings (SSSR count). The van der Waals surface area contributed by atoms with Crippen LogP contribution in [0.25, 0.3) is 0 Å². The lowest BCUT2D eigenvalue weighted by Gasteiger charge is -2.06. The van der Waals surface area contributed by atoms with Gasteiger partial charge < -0.3 is 18.9 Å². The Hall–Kier alpha value is -2.24. The third-order valence-electron chi connectivity index (χ3n) is 4.44. The van der Waals surface area contributed by atoms with Gasteiger partial charge in [0, 0.05) is 6.92 Å². The summed E-state index contributed by atoms with van der Waals surface area (Å²) in [6.07, 6.45) is 10.0. The van der Waals surface area contributed by atoms with Crippen molar-refractivity contribution in [1.29, 1.82) is 0 Å². The van der Waals surface area contributed by atoms with Gasteiger partial charge in [0.1, 0.15) is 0 Å². The number of carbonyl (C=O) groups is 2. The van der Waals surface area contributed by atoms with Crippen LogP contribution >= 0.6 is 0 Å². The summed E-state index contributed by atoms with van der Waals surface area (Å²) in [6, 6.07) is 5.09. The van der Waals surface area contributed by atoms with Crippen LogP contribution in [0, 0.1) is 0 Å². The number of esters is 2. The van der Waals surface area contributed by atoms with Gasteiger partial charge in [0.25, 0.3) is 0 Å². The van der Waals surface area contributed by atoms with Gasteiger partial charge in [0.2, 0.25) is 6.79 Å². The van der Waals surface area contributed by atoms with Crippen LogP contribution in [0.15, 0.2) is 18.2 Å². The SMILES string of the molecule is CC(=O)OCCCCCCCCCCCOC(=O)c1ccc2c(c1)OCO2. The minimum Gasteiger partial charge on any atom is -0.466 e. The van der Waals surface area contributed by atoms with Crippen LogP contribution in [0.4, 0.5) is 0 Å². The smallest absolute Gasteiger partial charge is 0.338 e. The molecule has 0 saturated carbocycles. The Balaban J connectivity index is 1.40. The molecular formula is C21H30O6. The van der Waals surface area contributed by atoms with Crippen LogP contribution in [-0.2, 0) is 14.3 Å². The van der Waals surface area contributed by atoms with Gasteiger partial charge in [-0.05, 0) is 31.0 Å². The highest BCUT2D eigenvalue weighted by Crippen LogP contribution is 2.32. The third-order valence-corrected chi connectivity index (χ3v) is 4.44.